The Morgan fingerprint density at radius 2 is 1.50 bits per heavy atom. The van der Waals surface area contributed by atoms with Gasteiger partial charge in [0.1, 0.15) is 12.6 Å². The molecule has 0 aliphatic heterocycles. The number of nitrogens with one attached hydrogen (secondary N) is 1. The van der Waals surface area contributed by atoms with Gasteiger partial charge in [0.05, 0.1) is 10.6 Å². The van der Waals surface area contributed by atoms with Gasteiger partial charge in [0.15, 0.2) is 0 Å². The van der Waals surface area contributed by atoms with Crippen molar-refractivity contribution in [3.63, 3.8) is 0 Å². The Balaban J connectivity index is 1.96. The second-order valence-corrected chi connectivity index (χ2v) is 11.1. The smallest absolute Gasteiger partial charge is 0.264 e. The number of hydrogen-bond acceptors (Lipinski definition) is 4. The molecule has 3 aromatic carbocycles. The molecule has 38 heavy (non-hydrogen) atoms. The summed E-state index contributed by atoms with van der Waals surface area (Å²) in [6.45, 7) is 4.11. The van der Waals surface area contributed by atoms with Crippen LogP contribution in [0.25, 0.3) is 0 Å². The summed E-state index contributed by atoms with van der Waals surface area (Å²) in [6, 6.07) is 23.2. The van der Waals surface area contributed by atoms with Crippen LogP contribution in [0.1, 0.15) is 32.3 Å². The van der Waals surface area contributed by atoms with Crippen LogP contribution in [0, 0.1) is 0 Å². The zero-order valence-corrected chi connectivity index (χ0v) is 23.3. The van der Waals surface area contributed by atoms with E-state index >= 15 is 0 Å². The molecular formula is C29H34ClN3O4S. The molecule has 0 aromatic heterocycles. The van der Waals surface area contributed by atoms with Gasteiger partial charge in [-0.05, 0) is 61.2 Å². The normalized spacial score (nSPS) is 12.0. The number of carbonyl (C=O) groups excluding carboxylic acids is 2. The van der Waals surface area contributed by atoms with Gasteiger partial charge < -0.3 is 10.2 Å². The monoisotopic (exact) mass is 555 g/mol. The van der Waals surface area contributed by atoms with Gasteiger partial charge in [-0.3, -0.25) is 13.9 Å². The molecule has 202 valence electrons. The Hall–Kier alpha value is -3.36. The Bertz CT molecular complexity index is 1290. The van der Waals surface area contributed by atoms with Crippen molar-refractivity contribution in [1.29, 1.82) is 0 Å². The van der Waals surface area contributed by atoms with Crippen LogP contribution in [0.4, 0.5) is 5.69 Å². The average Bonchev–Trinajstić information content (AvgIpc) is 2.93. The zero-order valence-electron chi connectivity index (χ0n) is 21.7. The molecule has 0 radical (unpaired) electrons. The molecule has 1 unspecified atom stereocenters. The van der Waals surface area contributed by atoms with Crippen LogP contribution < -0.4 is 9.62 Å². The van der Waals surface area contributed by atoms with Crippen LogP contribution in [-0.4, -0.2) is 50.8 Å². The van der Waals surface area contributed by atoms with Crippen molar-refractivity contribution < 1.29 is 18.0 Å². The molecule has 0 aliphatic carbocycles. The number of para-hydroxylation sites is 1. The first-order chi connectivity index (χ1) is 18.3. The number of halogens is 1. The minimum absolute atomic E-state index is 0.0159. The van der Waals surface area contributed by atoms with Crippen molar-refractivity contribution in [1.82, 2.24) is 10.2 Å². The maximum atomic E-state index is 13.9. The molecule has 2 amide bonds. The van der Waals surface area contributed by atoms with Gasteiger partial charge in [0, 0.05) is 18.1 Å². The molecular weight excluding hydrogens is 522 g/mol. The fraction of sp³-hybridized carbons (Fsp3) is 0.310. The van der Waals surface area contributed by atoms with Crippen molar-refractivity contribution in [3.8, 4) is 0 Å². The van der Waals surface area contributed by atoms with E-state index in [2.05, 4.69) is 5.32 Å². The summed E-state index contributed by atoms with van der Waals surface area (Å²) in [7, 11) is -4.11. The standard InChI is InChI=1S/C29H34ClN3O4S/c1-3-20-31-29(35)27(4-2)32(21-19-23-11-7-5-8-12-23)28(34)22-33(25-13-9-6-10-14-25)38(36,37)26-17-15-24(30)16-18-26/h5-18,27H,3-4,19-22H2,1-2H3,(H,31,35). The largest absolute Gasteiger partial charge is 0.354 e. The molecule has 0 heterocycles. The van der Waals surface area contributed by atoms with Crippen LogP contribution in [0.3, 0.4) is 0 Å². The number of hydrogen-bond donors (Lipinski definition) is 1. The lowest BCUT2D eigenvalue weighted by Crippen LogP contribution is -2.53. The third kappa shape index (κ3) is 7.58. The van der Waals surface area contributed by atoms with Crippen LogP contribution in [0.2, 0.25) is 5.02 Å². The lowest BCUT2D eigenvalue weighted by atomic mass is 10.1. The Morgan fingerprint density at radius 3 is 2.08 bits per heavy atom. The molecule has 0 saturated heterocycles. The summed E-state index contributed by atoms with van der Waals surface area (Å²) in [5, 5.41) is 3.29. The molecule has 0 aliphatic rings. The summed E-state index contributed by atoms with van der Waals surface area (Å²) in [4.78, 5) is 28.4. The van der Waals surface area contributed by atoms with E-state index in [4.69, 9.17) is 11.6 Å². The Kier molecular flexibility index (Phi) is 10.7. The van der Waals surface area contributed by atoms with Gasteiger partial charge in [-0.1, -0.05) is 74.0 Å². The van der Waals surface area contributed by atoms with Crippen molar-refractivity contribution >= 4 is 39.1 Å². The van der Waals surface area contributed by atoms with Crippen LogP contribution in [-0.2, 0) is 26.0 Å². The number of rotatable bonds is 13. The molecule has 0 bridgehead atoms. The summed E-state index contributed by atoms with van der Waals surface area (Å²) < 4.78 is 28.5. The van der Waals surface area contributed by atoms with Crippen molar-refractivity contribution in [2.45, 2.75) is 44.0 Å². The van der Waals surface area contributed by atoms with E-state index in [1.54, 1.807) is 30.3 Å². The summed E-state index contributed by atoms with van der Waals surface area (Å²) in [6.07, 6.45) is 1.69. The van der Waals surface area contributed by atoms with Gasteiger partial charge >= 0.3 is 0 Å². The predicted molar refractivity (Wildman–Crippen MR) is 152 cm³/mol. The SMILES string of the molecule is CCCNC(=O)C(CC)N(CCc1ccccc1)C(=O)CN(c1ccccc1)S(=O)(=O)c1ccc(Cl)cc1. The van der Waals surface area contributed by atoms with Crippen molar-refractivity contribution in [2.75, 3.05) is 23.9 Å². The fourth-order valence-corrected chi connectivity index (χ4v) is 5.66. The highest BCUT2D eigenvalue weighted by molar-refractivity contribution is 7.92. The Morgan fingerprint density at radius 1 is 0.895 bits per heavy atom. The van der Waals surface area contributed by atoms with Gasteiger partial charge in [-0.15, -0.1) is 0 Å². The van der Waals surface area contributed by atoms with Crippen LogP contribution >= 0.6 is 11.6 Å². The lowest BCUT2D eigenvalue weighted by Gasteiger charge is -2.33. The second kappa shape index (κ2) is 14.0. The maximum absolute atomic E-state index is 13.9. The molecule has 0 spiro atoms. The Labute approximate surface area is 230 Å². The van der Waals surface area contributed by atoms with E-state index in [0.717, 1.165) is 16.3 Å². The minimum atomic E-state index is -4.11. The average molecular weight is 556 g/mol. The highest BCUT2D eigenvalue weighted by Gasteiger charge is 2.33. The first-order valence-corrected chi connectivity index (χ1v) is 14.5. The van der Waals surface area contributed by atoms with Crippen molar-refractivity contribution in [3.05, 3.63) is 95.5 Å². The minimum Gasteiger partial charge on any atom is -0.354 e. The topological polar surface area (TPSA) is 86.8 Å². The first-order valence-electron chi connectivity index (χ1n) is 12.7. The van der Waals surface area contributed by atoms with Crippen LogP contribution in [0.15, 0.2) is 89.8 Å². The third-order valence-electron chi connectivity index (χ3n) is 6.14. The number of amides is 2. The second-order valence-electron chi connectivity index (χ2n) is 8.84. The summed E-state index contributed by atoms with van der Waals surface area (Å²) >= 11 is 5.98. The van der Waals surface area contributed by atoms with Gasteiger partial charge in [0.25, 0.3) is 10.0 Å². The molecule has 0 fully saturated rings. The molecule has 3 aromatic rings. The quantitative estimate of drug-likeness (QED) is 0.324. The van der Waals surface area contributed by atoms with E-state index in [-0.39, 0.29) is 17.3 Å². The summed E-state index contributed by atoms with van der Waals surface area (Å²) in [5.41, 5.74) is 1.37. The molecule has 1 N–H and O–H groups in total. The molecule has 7 nitrogen and oxygen atoms in total. The first kappa shape index (κ1) is 29.2. The summed E-state index contributed by atoms with van der Waals surface area (Å²) in [5.74, 6) is -0.705. The van der Waals surface area contributed by atoms with Crippen LogP contribution in [0.5, 0.6) is 0 Å². The lowest BCUT2D eigenvalue weighted by molar-refractivity contribution is -0.139. The van der Waals surface area contributed by atoms with Gasteiger partial charge in [0.2, 0.25) is 11.8 Å². The zero-order chi connectivity index (χ0) is 27.5. The number of sulfonamides is 1. The molecule has 1 atom stereocenters. The molecule has 9 heteroatoms. The highest BCUT2D eigenvalue weighted by atomic mass is 35.5. The van der Waals surface area contributed by atoms with E-state index in [0.29, 0.717) is 30.1 Å². The number of nitrogens with zero attached hydrogens (tertiary/aromatic N) is 2. The van der Waals surface area contributed by atoms with Crippen molar-refractivity contribution in [2.24, 2.45) is 0 Å². The van der Waals surface area contributed by atoms with E-state index in [9.17, 15) is 18.0 Å². The predicted octanol–water partition coefficient (Wildman–Crippen LogP) is 4.91. The van der Waals surface area contributed by atoms with E-state index in [1.165, 1.54) is 29.2 Å². The fourth-order valence-electron chi connectivity index (χ4n) is 4.12. The van der Waals surface area contributed by atoms with Gasteiger partial charge in [-0.25, -0.2) is 8.42 Å². The number of anilines is 1. The number of benzene rings is 3. The van der Waals surface area contributed by atoms with E-state index in [1.807, 2.05) is 44.2 Å². The molecule has 3 rings (SSSR count). The maximum Gasteiger partial charge on any atom is 0.264 e. The highest BCUT2D eigenvalue weighted by Crippen LogP contribution is 2.25. The number of carbonyl (C=O) groups is 2. The third-order valence-corrected chi connectivity index (χ3v) is 8.18. The van der Waals surface area contributed by atoms with Gasteiger partial charge in [-0.2, -0.15) is 0 Å². The molecule has 0 saturated carbocycles. The van der Waals surface area contributed by atoms with E-state index < -0.39 is 28.5 Å².